The highest BCUT2D eigenvalue weighted by atomic mass is 16.7. The zero-order valence-electron chi connectivity index (χ0n) is 13.9. The molecule has 8 nitrogen and oxygen atoms in total. The Morgan fingerprint density at radius 1 is 1.00 bits per heavy atom. The van der Waals surface area contributed by atoms with Gasteiger partial charge in [0.15, 0.2) is 12.4 Å². The lowest BCUT2D eigenvalue weighted by Gasteiger charge is -2.44. The molecule has 0 spiro atoms. The molecule has 1 saturated heterocycles. The summed E-state index contributed by atoms with van der Waals surface area (Å²) in [6.45, 7) is 1.87. The first kappa shape index (κ1) is 19.3. The Balaban J connectivity index is 2.91. The molecule has 0 unspecified atom stereocenters. The fraction of sp³-hybridized carbons (Fsp3) is 0.929. The third-order valence-corrected chi connectivity index (χ3v) is 3.61. The van der Waals surface area contributed by atoms with Crippen LogP contribution in [0.3, 0.4) is 0 Å². The molecule has 1 aliphatic rings. The molecule has 6 atom stereocenters. The molecule has 1 rings (SSSR count). The lowest BCUT2D eigenvalue weighted by Crippen LogP contribution is -2.61. The minimum atomic E-state index is -0.810. The smallest absolute Gasteiger partial charge is 0.334 e. The molecule has 8 heteroatoms. The largest absolute Gasteiger partial charge is 0.467 e. The summed E-state index contributed by atoms with van der Waals surface area (Å²) < 4.78 is 37.7. The van der Waals surface area contributed by atoms with E-state index in [-0.39, 0.29) is 6.10 Å². The molecule has 22 heavy (non-hydrogen) atoms. The molecule has 0 aromatic rings. The lowest BCUT2D eigenvalue weighted by molar-refractivity contribution is -0.320. The molecule has 0 aliphatic carbocycles. The van der Waals surface area contributed by atoms with Crippen LogP contribution in [0.25, 0.3) is 0 Å². The van der Waals surface area contributed by atoms with Crippen molar-refractivity contribution in [2.45, 2.75) is 43.7 Å². The van der Waals surface area contributed by atoms with Crippen LogP contribution in [-0.4, -0.2) is 84.9 Å². The Kier molecular flexibility index (Phi) is 8.23. The second-order valence-electron chi connectivity index (χ2n) is 4.90. The summed E-state index contributed by atoms with van der Waals surface area (Å²) in [5, 5.41) is 0. The van der Waals surface area contributed by atoms with Gasteiger partial charge in [-0.05, 0) is 6.92 Å². The Morgan fingerprint density at radius 2 is 1.59 bits per heavy atom. The Labute approximate surface area is 130 Å². The van der Waals surface area contributed by atoms with Crippen molar-refractivity contribution in [3.05, 3.63) is 0 Å². The van der Waals surface area contributed by atoms with Gasteiger partial charge in [-0.2, -0.15) is 0 Å². The van der Waals surface area contributed by atoms with Gasteiger partial charge in [0.05, 0.1) is 13.7 Å². The number of esters is 1. The van der Waals surface area contributed by atoms with Crippen LogP contribution in [0, 0.1) is 0 Å². The van der Waals surface area contributed by atoms with Gasteiger partial charge in [-0.15, -0.1) is 0 Å². The van der Waals surface area contributed by atoms with Crippen molar-refractivity contribution >= 4 is 5.97 Å². The van der Waals surface area contributed by atoms with Crippen molar-refractivity contribution in [3.63, 3.8) is 0 Å². The summed E-state index contributed by atoms with van der Waals surface area (Å²) in [5.41, 5.74) is 0. The normalized spacial score (nSPS) is 33.5. The van der Waals surface area contributed by atoms with Gasteiger partial charge in [0, 0.05) is 28.4 Å². The van der Waals surface area contributed by atoms with Gasteiger partial charge in [-0.25, -0.2) is 4.79 Å². The van der Waals surface area contributed by atoms with E-state index in [2.05, 4.69) is 4.74 Å². The van der Waals surface area contributed by atoms with Crippen molar-refractivity contribution in [2.24, 2.45) is 0 Å². The fourth-order valence-electron chi connectivity index (χ4n) is 2.51. The Hall–Kier alpha value is -0.770. The van der Waals surface area contributed by atoms with Crippen LogP contribution >= 0.6 is 0 Å². The summed E-state index contributed by atoms with van der Waals surface area (Å²) in [6, 6.07) is 0. The number of hydrogen-bond donors (Lipinski definition) is 0. The van der Waals surface area contributed by atoms with E-state index >= 15 is 0 Å². The number of rotatable bonds is 8. The summed E-state index contributed by atoms with van der Waals surface area (Å²) in [5.74, 6) is -0.496. The van der Waals surface area contributed by atoms with Crippen molar-refractivity contribution in [1.82, 2.24) is 0 Å². The quantitative estimate of drug-likeness (QED) is 0.577. The van der Waals surface area contributed by atoms with E-state index in [1.54, 1.807) is 28.3 Å². The molecule has 0 aromatic carbocycles. The summed E-state index contributed by atoms with van der Waals surface area (Å²) in [7, 11) is 7.49. The third-order valence-electron chi connectivity index (χ3n) is 3.61. The van der Waals surface area contributed by atoms with Gasteiger partial charge < -0.3 is 33.2 Å². The highest BCUT2D eigenvalue weighted by Gasteiger charge is 2.48. The molecule has 0 N–H and O–H groups in total. The van der Waals surface area contributed by atoms with Gasteiger partial charge in [-0.1, -0.05) is 0 Å². The molecule has 1 fully saturated rings. The summed E-state index contributed by atoms with van der Waals surface area (Å²) in [6.07, 6.45) is -3.40. The van der Waals surface area contributed by atoms with Gasteiger partial charge >= 0.3 is 5.97 Å². The topological polar surface area (TPSA) is 81.7 Å². The molecule has 0 radical (unpaired) electrons. The first-order valence-electron chi connectivity index (χ1n) is 7.00. The monoisotopic (exact) mass is 322 g/mol. The zero-order chi connectivity index (χ0) is 16.7. The summed E-state index contributed by atoms with van der Waals surface area (Å²) in [4.78, 5) is 11.5. The molecule has 0 aromatic heterocycles. The van der Waals surface area contributed by atoms with E-state index in [1.165, 1.54) is 14.2 Å². The van der Waals surface area contributed by atoms with E-state index in [0.29, 0.717) is 6.61 Å². The molecule has 0 amide bonds. The summed E-state index contributed by atoms with van der Waals surface area (Å²) >= 11 is 0. The molecular formula is C14H26O8. The van der Waals surface area contributed by atoms with Gasteiger partial charge in [-0.3, -0.25) is 0 Å². The van der Waals surface area contributed by atoms with Crippen molar-refractivity contribution < 1.29 is 38.0 Å². The number of carbonyl (C=O) groups excluding carboxylic acids is 1. The fourth-order valence-corrected chi connectivity index (χ4v) is 2.51. The second-order valence-corrected chi connectivity index (χ2v) is 4.90. The van der Waals surface area contributed by atoms with E-state index in [4.69, 9.17) is 28.4 Å². The first-order chi connectivity index (χ1) is 10.5. The average molecular weight is 322 g/mol. The maximum absolute atomic E-state index is 11.5. The molecule has 1 aliphatic heterocycles. The first-order valence-corrected chi connectivity index (χ1v) is 7.00. The van der Waals surface area contributed by atoms with E-state index in [9.17, 15) is 4.79 Å². The van der Waals surface area contributed by atoms with Crippen LogP contribution < -0.4 is 0 Å². The van der Waals surface area contributed by atoms with Crippen LogP contribution in [0.2, 0.25) is 0 Å². The highest BCUT2D eigenvalue weighted by Crippen LogP contribution is 2.28. The third kappa shape index (κ3) is 4.37. The SMILES string of the molecule is COC[C@H]1O[C@@H](O[C@@H](C)C(=O)OC)[C@@H](OC)[C@@H](OC)[C@@H]1OC. The Morgan fingerprint density at radius 3 is 2.05 bits per heavy atom. The molecule has 0 bridgehead atoms. The zero-order valence-corrected chi connectivity index (χ0v) is 13.9. The average Bonchev–Trinajstić information content (AvgIpc) is 2.53. The standard InChI is InChI=1S/C14H26O8/c1-8(13(15)20-6)21-14-12(19-5)11(18-4)10(17-3)9(22-14)7-16-2/h8-12,14H,7H2,1-6H3/t8-,9+,10+,11-,12-,14+/m0/s1. The molecule has 0 saturated carbocycles. The maximum atomic E-state index is 11.5. The van der Waals surface area contributed by atoms with Crippen LogP contribution in [0.4, 0.5) is 0 Å². The van der Waals surface area contributed by atoms with E-state index in [1.807, 2.05) is 0 Å². The van der Waals surface area contributed by atoms with Crippen LogP contribution in [0.15, 0.2) is 0 Å². The number of carbonyl (C=O) groups is 1. The minimum Gasteiger partial charge on any atom is -0.467 e. The lowest BCUT2D eigenvalue weighted by atomic mass is 9.98. The van der Waals surface area contributed by atoms with Crippen LogP contribution in [0.1, 0.15) is 6.92 Å². The number of hydrogen-bond acceptors (Lipinski definition) is 8. The minimum absolute atomic E-state index is 0.293. The maximum Gasteiger partial charge on any atom is 0.334 e. The molecular weight excluding hydrogens is 296 g/mol. The van der Waals surface area contributed by atoms with Crippen molar-refractivity contribution in [3.8, 4) is 0 Å². The predicted molar refractivity (Wildman–Crippen MR) is 75.5 cm³/mol. The van der Waals surface area contributed by atoms with Gasteiger partial charge in [0.1, 0.15) is 24.4 Å². The molecule has 130 valence electrons. The second kappa shape index (κ2) is 9.39. The van der Waals surface area contributed by atoms with E-state index < -0.39 is 36.7 Å². The van der Waals surface area contributed by atoms with E-state index in [0.717, 1.165) is 0 Å². The van der Waals surface area contributed by atoms with Gasteiger partial charge in [0.2, 0.25) is 0 Å². The number of methoxy groups -OCH3 is 5. The predicted octanol–water partition coefficient (Wildman–Crippen LogP) is -0.0192. The van der Waals surface area contributed by atoms with Gasteiger partial charge in [0.25, 0.3) is 0 Å². The number of ether oxygens (including phenoxy) is 7. The highest BCUT2D eigenvalue weighted by molar-refractivity contribution is 5.73. The Bertz CT molecular complexity index is 337. The van der Waals surface area contributed by atoms with Crippen LogP contribution in [-0.2, 0) is 38.0 Å². The van der Waals surface area contributed by atoms with Crippen LogP contribution in [0.5, 0.6) is 0 Å². The van der Waals surface area contributed by atoms with Crippen molar-refractivity contribution in [2.75, 3.05) is 42.2 Å². The van der Waals surface area contributed by atoms with Crippen molar-refractivity contribution in [1.29, 1.82) is 0 Å². The molecule has 1 heterocycles.